The largest absolute Gasteiger partial charge is 0.464 e. The van der Waals surface area contributed by atoms with Crippen LogP contribution in [0.4, 0.5) is 0 Å². The maximum Gasteiger partial charge on any atom is 0.246 e. The molecule has 0 spiro atoms. The third-order valence-electron chi connectivity index (χ3n) is 2.91. The summed E-state index contributed by atoms with van der Waals surface area (Å²) in [4.78, 5) is 0.137. The molecule has 0 aliphatic carbocycles. The molecule has 21 heavy (non-hydrogen) atoms. The van der Waals surface area contributed by atoms with Crippen molar-refractivity contribution in [3.63, 3.8) is 0 Å². The highest BCUT2D eigenvalue weighted by molar-refractivity contribution is 7.89. The van der Waals surface area contributed by atoms with Crippen molar-refractivity contribution in [2.75, 3.05) is 19.7 Å². The first-order valence-corrected chi connectivity index (χ1v) is 8.31. The maximum absolute atomic E-state index is 12.6. The van der Waals surface area contributed by atoms with E-state index in [1.807, 2.05) is 13.8 Å². The van der Waals surface area contributed by atoms with E-state index in [0.717, 1.165) is 0 Å². The van der Waals surface area contributed by atoms with Gasteiger partial charge in [-0.1, -0.05) is 19.9 Å². The summed E-state index contributed by atoms with van der Waals surface area (Å²) < 4.78 is 31.8. The van der Waals surface area contributed by atoms with Gasteiger partial charge in [0, 0.05) is 25.2 Å². The standard InChI is InChI=1S/C14H24N2O4S/c1-5-6-16(7-8-17)21(18,19)14-9-13(20-12(14)4)10-15-11(2)3/h5,9,11,15,17H,1,6-8,10H2,2-4H3. The Balaban J connectivity index is 3.04. The number of rotatable bonds is 9. The second-order valence-corrected chi connectivity index (χ2v) is 6.95. The molecule has 120 valence electrons. The van der Waals surface area contributed by atoms with Crippen LogP contribution in [0.15, 0.2) is 28.0 Å². The number of aliphatic hydroxyl groups excluding tert-OH is 1. The van der Waals surface area contributed by atoms with Crippen molar-refractivity contribution in [1.82, 2.24) is 9.62 Å². The molecule has 0 aromatic carbocycles. The molecule has 7 heteroatoms. The number of nitrogens with one attached hydrogen (secondary N) is 1. The Labute approximate surface area is 126 Å². The minimum absolute atomic E-state index is 0.0263. The Kier molecular flexibility index (Phi) is 6.60. The summed E-state index contributed by atoms with van der Waals surface area (Å²) in [5, 5.41) is 12.2. The van der Waals surface area contributed by atoms with E-state index in [1.54, 1.807) is 6.92 Å². The Morgan fingerprint density at radius 2 is 2.19 bits per heavy atom. The van der Waals surface area contributed by atoms with Crippen molar-refractivity contribution >= 4 is 10.0 Å². The summed E-state index contributed by atoms with van der Waals surface area (Å²) in [5.74, 6) is 0.921. The van der Waals surface area contributed by atoms with E-state index in [9.17, 15) is 8.42 Å². The SMILES string of the molecule is C=CCN(CCO)S(=O)(=O)c1cc(CNC(C)C)oc1C. The van der Waals surface area contributed by atoms with Gasteiger partial charge in [-0.2, -0.15) is 4.31 Å². The van der Waals surface area contributed by atoms with Crippen molar-refractivity contribution < 1.29 is 17.9 Å². The number of aryl methyl sites for hydroxylation is 1. The van der Waals surface area contributed by atoms with Gasteiger partial charge in [-0.3, -0.25) is 0 Å². The van der Waals surface area contributed by atoms with Gasteiger partial charge in [-0.15, -0.1) is 6.58 Å². The lowest BCUT2D eigenvalue weighted by Crippen LogP contribution is -2.33. The molecule has 1 heterocycles. The van der Waals surface area contributed by atoms with Gasteiger partial charge in [0.2, 0.25) is 10.0 Å². The maximum atomic E-state index is 12.6. The van der Waals surface area contributed by atoms with Crippen LogP contribution in [0.5, 0.6) is 0 Å². The fourth-order valence-corrected chi connectivity index (χ4v) is 3.46. The molecule has 0 aliphatic heterocycles. The van der Waals surface area contributed by atoms with Crippen LogP contribution >= 0.6 is 0 Å². The van der Waals surface area contributed by atoms with Crippen molar-refractivity contribution in [2.24, 2.45) is 0 Å². The Hall–Kier alpha value is -1.15. The molecule has 0 atom stereocenters. The van der Waals surface area contributed by atoms with E-state index in [0.29, 0.717) is 18.1 Å². The molecular weight excluding hydrogens is 292 g/mol. The molecule has 0 amide bonds. The summed E-state index contributed by atoms with van der Waals surface area (Å²) in [6, 6.07) is 1.81. The predicted molar refractivity (Wildman–Crippen MR) is 81.5 cm³/mol. The molecule has 1 aromatic rings. The van der Waals surface area contributed by atoms with Gasteiger partial charge < -0.3 is 14.8 Å². The third kappa shape index (κ3) is 4.67. The Morgan fingerprint density at radius 3 is 2.71 bits per heavy atom. The van der Waals surface area contributed by atoms with Crippen molar-refractivity contribution in [1.29, 1.82) is 0 Å². The summed E-state index contributed by atoms with van der Waals surface area (Å²) in [6.45, 7) is 9.56. The van der Waals surface area contributed by atoms with E-state index in [1.165, 1.54) is 16.4 Å². The summed E-state index contributed by atoms with van der Waals surface area (Å²) >= 11 is 0. The topological polar surface area (TPSA) is 82.8 Å². The quantitative estimate of drug-likeness (QED) is 0.670. The van der Waals surface area contributed by atoms with E-state index >= 15 is 0 Å². The highest BCUT2D eigenvalue weighted by Crippen LogP contribution is 2.23. The molecule has 0 bridgehead atoms. The zero-order valence-corrected chi connectivity index (χ0v) is 13.6. The normalized spacial score (nSPS) is 12.3. The van der Waals surface area contributed by atoms with Crippen molar-refractivity contribution in [3.05, 3.63) is 30.2 Å². The van der Waals surface area contributed by atoms with Crippen LogP contribution in [0.25, 0.3) is 0 Å². The second kappa shape index (κ2) is 7.74. The minimum Gasteiger partial charge on any atom is -0.464 e. The lowest BCUT2D eigenvalue weighted by Gasteiger charge is -2.18. The molecular formula is C14H24N2O4S. The lowest BCUT2D eigenvalue weighted by atomic mass is 10.3. The Morgan fingerprint density at radius 1 is 1.52 bits per heavy atom. The van der Waals surface area contributed by atoms with E-state index in [2.05, 4.69) is 11.9 Å². The fourth-order valence-electron chi connectivity index (χ4n) is 1.88. The van der Waals surface area contributed by atoms with Gasteiger partial charge in [-0.05, 0) is 6.92 Å². The van der Waals surface area contributed by atoms with Gasteiger partial charge in [0.1, 0.15) is 16.4 Å². The second-order valence-electron chi connectivity index (χ2n) is 5.04. The van der Waals surface area contributed by atoms with Gasteiger partial charge in [0.05, 0.1) is 13.2 Å². The van der Waals surface area contributed by atoms with Crippen LogP contribution in [-0.2, 0) is 16.6 Å². The van der Waals surface area contributed by atoms with Gasteiger partial charge in [0.25, 0.3) is 0 Å². The van der Waals surface area contributed by atoms with Gasteiger partial charge in [-0.25, -0.2) is 8.42 Å². The van der Waals surface area contributed by atoms with Crippen LogP contribution in [0.2, 0.25) is 0 Å². The number of furan rings is 1. The van der Waals surface area contributed by atoms with Gasteiger partial charge in [0.15, 0.2) is 0 Å². The number of aliphatic hydroxyl groups is 1. The van der Waals surface area contributed by atoms with Crippen LogP contribution in [-0.4, -0.2) is 43.6 Å². The number of nitrogens with zero attached hydrogens (tertiary/aromatic N) is 1. The average molecular weight is 316 g/mol. The summed E-state index contributed by atoms with van der Waals surface area (Å²) in [7, 11) is -3.69. The average Bonchev–Trinajstić information content (AvgIpc) is 2.78. The fraction of sp³-hybridized carbons (Fsp3) is 0.571. The number of hydrogen-bond acceptors (Lipinski definition) is 5. The first-order chi connectivity index (χ1) is 9.82. The molecule has 0 fully saturated rings. The monoisotopic (exact) mass is 316 g/mol. The first kappa shape index (κ1) is 17.9. The van der Waals surface area contributed by atoms with E-state index < -0.39 is 10.0 Å². The summed E-state index contributed by atoms with van der Waals surface area (Å²) in [6.07, 6.45) is 1.49. The molecule has 0 aliphatic rings. The zero-order chi connectivity index (χ0) is 16.0. The lowest BCUT2D eigenvalue weighted by molar-refractivity contribution is 0.260. The first-order valence-electron chi connectivity index (χ1n) is 6.87. The van der Waals surface area contributed by atoms with Crippen LogP contribution in [0.3, 0.4) is 0 Å². The molecule has 6 nitrogen and oxygen atoms in total. The molecule has 1 aromatic heterocycles. The van der Waals surface area contributed by atoms with Crippen molar-refractivity contribution in [2.45, 2.75) is 38.3 Å². The highest BCUT2D eigenvalue weighted by atomic mass is 32.2. The number of hydrogen-bond donors (Lipinski definition) is 2. The number of sulfonamides is 1. The third-order valence-corrected chi connectivity index (χ3v) is 4.88. The highest BCUT2D eigenvalue weighted by Gasteiger charge is 2.27. The van der Waals surface area contributed by atoms with E-state index in [4.69, 9.17) is 9.52 Å². The smallest absolute Gasteiger partial charge is 0.246 e. The summed E-state index contributed by atoms with van der Waals surface area (Å²) in [5.41, 5.74) is 0. The molecule has 0 saturated heterocycles. The molecule has 0 saturated carbocycles. The Bertz CT molecular complexity index is 564. The zero-order valence-electron chi connectivity index (χ0n) is 12.8. The van der Waals surface area contributed by atoms with Crippen LogP contribution < -0.4 is 5.32 Å². The molecule has 1 rings (SSSR count). The molecule has 0 radical (unpaired) electrons. The molecule has 2 N–H and O–H groups in total. The minimum atomic E-state index is -3.69. The van der Waals surface area contributed by atoms with Gasteiger partial charge >= 0.3 is 0 Å². The van der Waals surface area contributed by atoms with Crippen LogP contribution in [0.1, 0.15) is 25.4 Å². The predicted octanol–water partition coefficient (Wildman–Crippen LogP) is 1.26. The van der Waals surface area contributed by atoms with Crippen LogP contribution in [0, 0.1) is 6.92 Å². The van der Waals surface area contributed by atoms with Crippen molar-refractivity contribution in [3.8, 4) is 0 Å². The molecule has 0 unspecified atom stereocenters. The van der Waals surface area contributed by atoms with E-state index in [-0.39, 0.29) is 30.6 Å².